The Morgan fingerprint density at radius 1 is 1.00 bits per heavy atom. The van der Waals surface area contributed by atoms with Gasteiger partial charge in [-0.15, -0.1) is 0 Å². The molecule has 0 aliphatic rings. The molecule has 0 aromatic heterocycles. The lowest BCUT2D eigenvalue weighted by molar-refractivity contribution is -0.151. The molecule has 0 saturated carbocycles. The van der Waals surface area contributed by atoms with Crippen molar-refractivity contribution in [2.75, 3.05) is 0 Å². The molecule has 0 bridgehead atoms. The Kier molecular flexibility index (Phi) is 6.31. The van der Waals surface area contributed by atoms with Gasteiger partial charge in [-0.25, -0.2) is 4.79 Å². The summed E-state index contributed by atoms with van der Waals surface area (Å²) in [4.78, 5) is 21.0. The molecule has 1 aromatic carbocycles. The topological polar surface area (TPSA) is 107 Å². The van der Waals surface area contributed by atoms with Crippen molar-refractivity contribution >= 4 is 38.0 Å². The van der Waals surface area contributed by atoms with E-state index in [9.17, 15) is 44.3 Å². The van der Waals surface area contributed by atoms with Crippen LogP contribution in [-0.2, 0) is 19.7 Å². The molecule has 0 radical (unpaired) electrons. The van der Waals surface area contributed by atoms with Gasteiger partial charge in [0.05, 0.1) is 0 Å². The number of ether oxygens (including phenoxy) is 2. The molecular formula is C11H5BrF6O7S. The second-order valence-electron chi connectivity index (χ2n) is 4.33. The van der Waals surface area contributed by atoms with Gasteiger partial charge in [0, 0.05) is 0 Å². The van der Waals surface area contributed by atoms with Crippen molar-refractivity contribution < 1.29 is 58.4 Å². The van der Waals surface area contributed by atoms with E-state index in [-0.39, 0.29) is 0 Å². The standard InChI is InChI=1S/C11H5BrF6O7S/c1-2(12)9(19)24-7-3(13)5(15)8(6(16)4(7)14)25-10(20)11(17,18)26(21,22)23/h2H,1H3,(H,21,22,23). The van der Waals surface area contributed by atoms with E-state index in [1.54, 1.807) is 0 Å². The summed E-state index contributed by atoms with van der Waals surface area (Å²) >= 11 is 2.63. The third-order valence-corrected chi connectivity index (χ3v) is 3.66. The molecule has 0 aliphatic heterocycles. The minimum atomic E-state index is -6.42. The van der Waals surface area contributed by atoms with Gasteiger partial charge < -0.3 is 9.47 Å². The van der Waals surface area contributed by atoms with Crippen LogP contribution in [0.5, 0.6) is 11.5 Å². The van der Waals surface area contributed by atoms with Crippen LogP contribution in [0.15, 0.2) is 0 Å². The molecule has 0 spiro atoms. The Balaban J connectivity index is 3.41. The van der Waals surface area contributed by atoms with Crippen molar-refractivity contribution in [1.29, 1.82) is 0 Å². The molecule has 0 saturated heterocycles. The van der Waals surface area contributed by atoms with Crippen molar-refractivity contribution in [1.82, 2.24) is 0 Å². The van der Waals surface area contributed by atoms with E-state index in [0.717, 1.165) is 6.92 Å². The highest BCUT2D eigenvalue weighted by atomic mass is 79.9. The molecule has 1 aromatic rings. The molecule has 146 valence electrons. The maximum Gasteiger partial charge on any atom is 0.466 e. The summed E-state index contributed by atoms with van der Waals surface area (Å²) in [6.45, 7) is 1.12. The van der Waals surface area contributed by atoms with E-state index in [4.69, 9.17) is 4.55 Å². The first-order valence-corrected chi connectivity index (χ1v) is 8.27. The number of rotatable bonds is 5. The molecule has 1 rings (SSSR count). The van der Waals surface area contributed by atoms with Gasteiger partial charge in [0.2, 0.25) is 34.8 Å². The first kappa shape index (κ1) is 22.2. The Labute approximate surface area is 148 Å². The lowest BCUT2D eigenvalue weighted by Gasteiger charge is -2.15. The third-order valence-electron chi connectivity index (χ3n) is 2.47. The summed E-state index contributed by atoms with van der Waals surface area (Å²) in [6.07, 6.45) is 0. The molecule has 26 heavy (non-hydrogen) atoms. The molecule has 1 N–H and O–H groups in total. The third kappa shape index (κ3) is 4.09. The van der Waals surface area contributed by atoms with Gasteiger partial charge in [-0.3, -0.25) is 9.35 Å². The van der Waals surface area contributed by atoms with Crippen LogP contribution in [0, 0.1) is 23.3 Å². The zero-order chi connectivity index (χ0) is 20.6. The second kappa shape index (κ2) is 7.40. The smallest absolute Gasteiger partial charge is 0.419 e. The van der Waals surface area contributed by atoms with E-state index in [2.05, 4.69) is 25.4 Å². The zero-order valence-corrected chi connectivity index (χ0v) is 14.4. The molecule has 0 fully saturated rings. The number of halogens is 7. The Bertz CT molecular complexity index is 841. The predicted octanol–water partition coefficient (Wildman–Crippen LogP) is 2.32. The monoisotopic (exact) mass is 474 g/mol. The first-order chi connectivity index (χ1) is 11.6. The Hall–Kier alpha value is -1.87. The largest absolute Gasteiger partial charge is 0.466 e. The van der Waals surface area contributed by atoms with Crippen molar-refractivity contribution in [3.63, 3.8) is 0 Å². The van der Waals surface area contributed by atoms with Gasteiger partial charge in [0.25, 0.3) is 0 Å². The van der Waals surface area contributed by atoms with Crippen LogP contribution >= 0.6 is 15.9 Å². The number of carbonyl (C=O) groups is 2. The van der Waals surface area contributed by atoms with Crippen LogP contribution in [0.4, 0.5) is 26.3 Å². The highest BCUT2D eigenvalue weighted by Gasteiger charge is 2.55. The summed E-state index contributed by atoms with van der Waals surface area (Å²) in [5, 5.41) is -5.70. The number of alkyl halides is 3. The van der Waals surface area contributed by atoms with Crippen LogP contribution in [0.25, 0.3) is 0 Å². The van der Waals surface area contributed by atoms with Gasteiger partial charge in [-0.05, 0) is 6.92 Å². The van der Waals surface area contributed by atoms with Crippen LogP contribution in [0.3, 0.4) is 0 Å². The van der Waals surface area contributed by atoms with Gasteiger partial charge >= 0.3 is 27.3 Å². The Morgan fingerprint density at radius 2 is 1.35 bits per heavy atom. The molecule has 1 atom stereocenters. The molecular weight excluding hydrogens is 470 g/mol. The first-order valence-electron chi connectivity index (χ1n) is 5.91. The number of carbonyl (C=O) groups excluding carboxylic acids is 2. The van der Waals surface area contributed by atoms with Crippen LogP contribution in [0.2, 0.25) is 0 Å². The van der Waals surface area contributed by atoms with E-state index in [1.165, 1.54) is 0 Å². The fraction of sp³-hybridized carbons (Fsp3) is 0.273. The minimum Gasteiger partial charge on any atom is -0.419 e. The highest BCUT2D eigenvalue weighted by Crippen LogP contribution is 2.36. The van der Waals surface area contributed by atoms with Gasteiger partial charge in [0.1, 0.15) is 4.83 Å². The lowest BCUT2D eigenvalue weighted by Crippen LogP contribution is -2.40. The number of esters is 2. The van der Waals surface area contributed by atoms with E-state index in [1.807, 2.05) is 0 Å². The molecule has 15 heteroatoms. The number of hydrogen-bond donors (Lipinski definition) is 1. The second-order valence-corrected chi connectivity index (χ2v) is 7.17. The predicted molar refractivity (Wildman–Crippen MR) is 72.4 cm³/mol. The maximum absolute atomic E-state index is 13.7. The van der Waals surface area contributed by atoms with Gasteiger partial charge in [-0.1, -0.05) is 15.9 Å². The summed E-state index contributed by atoms with van der Waals surface area (Å²) < 4.78 is 117. The zero-order valence-electron chi connectivity index (χ0n) is 12.0. The average Bonchev–Trinajstić information content (AvgIpc) is 2.51. The number of hydrogen-bond acceptors (Lipinski definition) is 6. The van der Waals surface area contributed by atoms with Gasteiger partial charge in [-0.2, -0.15) is 34.8 Å². The number of benzene rings is 1. The SMILES string of the molecule is CC(Br)C(=O)Oc1c(F)c(F)c(OC(=O)C(F)(F)S(=O)(=O)O)c(F)c1F. The van der Waals surface area contributed by atoms with E-state index >= 15 is 0 Å². The fourth-order valence-electron chi connectivity index (χ4n) is 1.21. The molecule has 0 heterocycles. The normalized spacial score (nSPS) is 13.3. The minimum absolute atomic E-state index is 1.12. The average molecular weight is 475 g/mol. The van der Waals surface area contributed by atoms with Crippen molar-refractivity contribution in [3.05, 3.63) is 23.3 Å². The molecule has 0 amide bonds. The quantitative estimate of drug-likeness (QED) is 0.174. The van der Waals surface area contributed by atoms with Crippen molar-refractivity contribution in [2.24, 2.45) is 0 Å². The lowest BCUT2D eigenvalue weighted by atomic mass is 10.2. The summed E-state index contributed by atoms with van der Waals surface area (Å²) in [5.74, 6) is -19.0. The van der Waals surface area contributed by atoms with E-state index in [0.29, 0.717) is 0 Å². The summed E-state index contributed by atoms with van der Waals surface area (Å²) in [7, 11) is -6.42. The summed E-state index contributed by atoms with van der Waals surface area (Å²) in [5.41, 5.74) is 0. The molecule has 0 aliphatic carbocycles. The highest BCUT2D eigenvalue weighted by molar-refractivity contribution is 9.10. The van der Waals surface area contributed by atoms with E-state index < -0.39 is 66.9 Å². The van der Waals surface area contributed by atoms with Gasteiger partial charge in [0.15, 0.2) is 0 Å². The van der Waals surface area contributed by atoms with Crippen LogP contribution < -0.4 is 9.47 Å². The summed E-state index contributed by atoms with van der Waals surface area (Å²) in [6, 6.07) is 0. The maximum atomic E-state index is 13.7. The van der Waals surface area contributed by atoms with Crippen LogP contribution in [-0.4, -0.2) is 35.0 Å². The van der Waals surface area contributed by atoms with Crippen LogP contribution in [0.1, 0.15) is 6.92 Å². The molecule has 1 unspecified atom stereocenters. The fourth-order valence-corrected chi connectivity index (χ4v) is 1.56. The molecule has 7 nitrogen and oxygen atoms in total. The van der Waals surface area contributed by atoms with Crippen molar-refractivity contribution in [3.8, 4) is 11.5 Å². The Morgan fingerprint density at radius 3 is 1.65 bits per heavy atom. The van der Waals surface area contributed by atoms with Crippen molar-refractivity contribution in [2.45, 2.75) is 17.0 Å².